The number of halogens is 1. The Morgan fingerprint density at radius 1 is 1.39 bits per heavy atom. The van der Waals surface area contributed by atoms with Crippen LogP contribution in [0.25, 0.3) is 0 Å². The molecule has 1 fully saturated rings. The number of hydrogen-bond donors (Lipinski definition) is 1. The molecule has 0 saturated carbocycles. The molecule has 0 radical (unpaired) electrons. The lowest BCUT2D eigenvalue weighted by Crippen LogP contribution is -2.30. The third-order valence-corrected chi connectivity index (χ3v) is 3.36. The van der Waals surface area contributed by atoms with Crippen LogP contribution in [0.1, 0.15) is 22.3 Å². The van der Waals surface area contributed by atoms with Gasteiger partial charge in [-0.25, -0.2) is 0 Å². The number of benzene rings is 1. The predicted molar refractivity (Wildman–Crippen MR) is 76.4 cm³/mol. The second kappa shape index (κ2) is 6.76. The summed E-state index contributed by atoms with van der Waals surface area (Å²) in [5.41, 5.74) is 2.00. The summed E-state index contributed by atoms with van der Waals surface area (Å²) in [6.45, 7) is 4.80. The van der Waals surface area contributed by atoms with E-state index >= 15 is 0 Å². The highest BCUT2D eigenvalue weighted by atomic mass is 35.5. The van der Waals surface area contributed by atoms with Gasteiger partial charge in [0.05, 0.1) is 0 Å². The van der Waals surface area contributed by atoms with Gasteiger partial charge in [-0.05, 0) is 45.0 Å². The molecule has 1 aromatic carbocycles. The van der Waals surface area contributed by atoms with E-state index in [1.807, 2.05) is 43.1 Å². The molecule has 0 bridgehead atoms. The van der Waals surface area contributed by atoms with Crippen molar-refractivity contribution in [2.75, 3.05) is 26.7 Å². The van der Waals surface area contributed by atoms with Gasteiger partial charge in [-0.15, -0.1) is 12.4 Å². The number of carbonyl (C=O) groups excluding carboxylic acids is 1. The first kappa shape index (κ1) is 15.0. The lowest BCUT2D eigenvalue weighted by Gasteiger charge is -2.16. The zero-order chi connectivity index (χ0) is 12.3. The molecular formula is C14H21ClN2O. The largest absolute Gasteiger partial charge is 0.338 e. The van der Waals surface area contributed by atoms with Gasteiger partial charge in [0.25, 0.3) is 5.91 Å². The van der Waals surface area contributed by atoms with Crippen molar-refractivity contribution in [1.29, 1.82) is 0 Å². The number of hydrogen-bond acceptors (Lipinski definition) is 2. The molecule has 0 spiro atoms. The fourth-order valence-corrected chi connectivity index (χ4v) is 2.35. The van der Waals surface area contributed by atoms with Crippen LogP contribution in [0.2, 0.25) is 0 Å². The quantitative estimate of drug-likeness (QED) is 0.911. The summed E-state index contributed by atoms with van der Waals surface area (Å²) < 4.78 is 0. The number of amides is 1. The van der Waals surface area contributed by atoms with Gasteiger partial charge in [0.15, 0.2) is 0 Å². The SMILES string of the molecule is CNCC1CCN(C(=O)c2ccc(C)cc2)C1.Cl. The Kier molecular flexibility index (Phi) is 5.63. The van der Waals surface area contributed by atoms with Gasteiger partial charge < -0.3 is 10.2 Å². The van der Waals surface area contributed by atoms with E-state index in [4.69, 9.17) is 0 Å². The Balaban J connectivity index is 0.00000162. The van der Waals surface area contributed by atoms with Gasteiger partial charge in [0.1, 0.15) is 0 Å². The zero-order valence-electron chi connectivity index (χ0n) is 11.0. The summed E-state index contributed by atoms with van der Waals surface area (Å²) in [6, 6.07) is 7.83. The van der Waals surface area contributed by atoms with Crippen molar-refractivity contribution in [1.82, 2.24) is 10.2 Å². The van der Waals surface area contributed by atoms with Gasteiger partial charge in [0.2, 0.25) is 0 Å². The predicted octanol–water partition coefficient (Wildman–Crippen LogP) is 2.10. The molecule has 0 aromatic heterocycles. The summed E-state index contributed by atoms with van der Waals surface area (Å²) in [5, 5.41) is 3.18. The first-order valence-electron chi connectivity index (χ1n) is 6.21. The van der Waals surface area contributed by atoms with Gasteiger partial charge in [-0.2, -0.15) is 0 Å². The summed E-state index contributed by atoms with van der Waals surface area (Å²) in [7, 11) is 1.96. The first-order chi connectivity index (χ1) is 8.20. The minimum atomic E-state index is 0. The smallest absolute Gasteiger partial charge is 0.253 e. The second-order valence-electron chi connectivity index (χ2n) is 4.83. The first-order valence-corrected chi connectivity index (χ1v) is 6.21. The molecule has 3 nitrogen and oxygen atoms in total. The van der Waals surface area contributed by atoms with E-state index in [0.717, 1.165) is 31.6 Å². The van der Waals surface area contributed by atoms with Crippen LogP contribution in [0.3, 0.4) is 0 Å². The molecule has 4 heteroatoms. The van der Waals surface area contributed by atoms with E-state index in [1.54, 1.807) is 0 Å². The molecule has 1 saturated heterocycles. The lowest BCUT2D eigenvalue weighted by atomic mass is 10.1. The molecule has 1 heterocycles. The number of nitrogens with one attached hydrogen (secondary N) is 1. The number of carbonyl (C=O) groups is 1. The lowest BCUT2D eigenvalue weighted by molar-refractivity contribution is 0.0787. The number of aryl methyl sites for hydroxylation is 1. The Bertz CT molecular complexity index is 391. The van der Waals surface area contributed by atoms with Crippen LogP contribution in [-0.2, 0) is 0 Å². The maximum Gasteiger partial charge on any atom is 0.253 e. The maximum atomic E-state index is 12.2. The molecule has 1 aliphatic rings. The maximum absolute atomic E-state index is 12.2. The normalized spacial score (nSPS) is 18.6. The molecule has 1 aliphatic heterocycles. The fourth-order valence-electron chi connectivity index (χ4n) is 2.35. The average molecular weight is 269 g/mol. The van der Waals surface area contributed by atoms with Crippen molar-refractivity contribution in [2.45, 2.75) is 13.3 Å². The van der Waals surface area contributed by atoms with Crippen LogP contribution in [-0.4, -0.2) is 37.5 Å². The molecule has 1 amide bonds. The Hall–Kier alpha value is -1.06. The van der Waals surface area contributed by atoms with E-state index in [0.29, 0.717) is 5.92 Å². The highest BCUT2D eigenvalue weighted by Gasteiger charge is 2.26. The van der Waals surface area contributed by atoms with Crippen molar-refractivity contribution < 1.29 is 4.79 Å². The third kappa shape index (κ3) is 3.47. The average Bonchev–Trinajstić information content (AvgIpc) is 2.78. The standard InChI is InChI=1S/C14H20N2O.ClH/c1-11-3-5-13(6-4-11)14(17)16-8-7-12(10-16)9-15-2;/h3-6,12,15H,7-10H2,1-2H3;1H. The second-order valence-corrected chi connectivity index (χ2v) is 4.83. The van der Waals surface area contributed by atoms with Crippen LogP contribution in [0, 0.1) is 12.8 Å². The van der Waals surface area contributed by atoms with Crippen LogP contribution in [0.15, 0.2) is 24.3 Å². The van der Waals surface area contributed by atoms with E-state index in [-0.39, 0.29) is 18.3 Å². The number of rotatable bonds is 3. The summed E-state index contributed by atoms with van der Waals surface area (Å²) in [6.07, 6.45) is 1.11. The summed E-state index contributed by atoms with van der Waals surface area (Å²) in [5.74, 6) is 0.776. The summed E-state index contributed by atoms with van der Waals surface area (Å²) in [4.78, 5) is 14.2. The third-order valence-electron chi connectivity index (χ3n) is 3.36. The molecule has 2 rings (SSSR count). The van der Waals surface area contributed by atoms with Crippen LogP contribution >= 0.6 is 12.4 Å². The van der Waals surface area contributed by atoms with Crippen molar-refractivity contribution in [3.63, 3.8) is 0 Å². The Morgan fingerprint density at radius 2 is 2.06 bits per heavy atom. The molecule has 1 N–H and O–H groups in total. The van der Waals surface area contributed by atoms with Gasteiger partial charge in [-0.1, -0.05) is 17.7 Å². The number of likely N-dealkylation sites (tertiary alicyclic amines) is 1. The fraction of sp³-hybridized carbons (Fsp3) is 0.500. The van der Waals surface area contributed by atoms with Crippen molar-refractivity contribution in [3.8, 4) is 0 Å². The molecule has 1 atom stereocenters. The Morgan fingerprint density at radius 3 is 2.67 bits per heavy atom. The van der Waals surface area contributed by atoms with Crippen LogP contribution in [0.5, 0.6) is 0 Å². The van der Waals surface area contributed by atoms with Crippen molar-refractivity contribution in [2.24, 2.45) is 5.92 Å². The Labute approximate surface area is 115 Å². The minimum Gasteiger partial charge on any atom is -0.338 e. The van der Waals surface area contributed by atoms with E-state index in [1.165, 1.54) is 5.56 Å². The molecule has 100 valence electrons. The monoisotopic (exact) mass is 268 g/mol. The molecule has 1 aromatic rings. The number of nitrogens with zero attached hydrogens (tertiary/aromatic N) is 1. The molecule has 18 heavy (non-hydrogen) atoms. The van der Waals surface area contributed by atoms with Gasteiger partial charge in [0, 0.05) is 18.7 Å². The van der Waals surface area contributed by atoms with Crippen LogP contribution < -0.4 is 5.32 Å². The van der Waals surface area contributed by atoms with Crippen molar-refractivity contribution >= 4 is 18.3 Å². The molecule has 1 unspecified atom stereocenters. The highest BCUT2D eigenvalue weighted by Crippen LogP contribution is 2.18. The topological polar surface area (TPSA) is 32.3 Å². The van der Waals surface area contributed by atoms with E-state index < -0.39 is 0 Å². The van der Waals surface area contributed by atoms with Crippen molar-refractivity contribution in [3.05, 3.63) is 35.4 Å². The van der Waals surface area contributed by atoms with Crippen LogP contribution in [0.4, 0.5) is 0 Å². The van der Waals surface area contributed by atoms with Gasteiger partial charge >= 0.3 is 0 Å². The molecular weight excluding hydrogens is 248 g/mol. The van der Waals surface area contributed by atoms with Gasteiger partial charge in [-0.3, -0.25) is 4.79 Å². The van der Waals surface area contributed by atoms with E-state index in [2.05, 4.69) is 5.32 Å². The van der Waals surface area contributed by atoms with E-state index in [9.17, 15) is 4.79 Å². The zero-order valence-corrected chi connectivity index (χ0v) is 11.8. The summed E-state index contributed by atoms with van der Waals surface area (Å²) >= 11 is 0. The minimum absolute atomic E-state index is 0. The highest BCUT2D eigenvalue weighted by molar-refractivity contribution is 5.94. The molecule has 0 aliphatic carbocycles.